The predicted molar refractivity (Wildman–Crippen MR) is 152 cm³/mol. The number of carboxylic acids is 1. The van der Waals surface area contributed by atoms with Crippen molar-refractivity contribution in [3.8, 4) is 5.75 Å². The minimum atomic E-state index is -0.768. The van der Waals surface area contributed by atoms with Crippen LogP contribution in [0.3, 0.4) is 0 Å². The lowest BCUT2D eigenvalue weighted by Crippen LogP contribution is -2.45. The fraction of sp³-hybridized carbons (Fsp3) is 0.742. The first-order valence-electron chi connectivity index (χ1n) is 15.1. The molecule has 3 aliphatic rings. The van der Waals surface area contributed by atoms with Gasteiger partial charge in [-0.3, -0.25) is 14.5 Å². The zero-order valence-electron chi connectivity index (χ0n) is 24.3. The second-order valence-electron chi connectivity index (χ2n) is 11.9. The Bertz CT molecular complexity index is 948. The molecule has 1 N–H and O–H groups in total. The molecule has 2 saturated heterocycles. The summed E-state index contributed by atoms with van der Waals surface area (Å²) in [6.07, 6.45) is 8.87. The lowest BCUT2D eigenvalue weighted by Gasteiger charge is -2.31. The first-order valence-corrected chi connectivity index (χ1v) is 15.1. The highest BCUT2D eigenvalue weighted by Gasteiger charge is 2.47. The standard InChI is InChI=1S/C31H49N3O5/c1-4-5-16-33(17-8-15-32(2)3)29(35)22-34-21-26(23-10-13-28-24(20-23)14-19-39-28)30(31(36)37)27(34)12-11-25-9-6-7-18-38-25/h10,13,20,25-27,30H,4-9,11-12,14-19,21-22H2,1-3H3,(H,36,37)/t25?,26-,27+,30?/m1/s1. The third-order valence-electron chi connectivity index (χ3n) is 8.74. The second kappa shape index (κ2) is 14.5. The van der Waals surface area contributed by atoms with Crippen LogP contribution in [0.25, 0.3) is 0 Å². The molecule has 1 amide bonds. The van der Waals surface area contributed by atoms with Crippen LogP contribution in [0.2, 0.25) is 0 Å². The fourth-order valence-corrected chi connectivity index (χ4v) is 6.58. The van der Waals surface area contributed by atoms with Crippen molar-refractivity contribution >= 4 is 11.9 Å². The van der Waals surface area contributed by atoms with Crippen molar-refractivity contribution in [3.63, 3.8) is 0 Å². The van der Waals surface area contributed by atoms with E-state index in [-0.39, 0.29) is 30.5 Å². The quantitative estimate of drug-likeness (QED) is 0.380. The van der Waals surface area contributed by atoms with Gasteiger partial charge in [-0.1, -0.05) is 25.5 Å². The van der Waals surface area contributed by atoms with Crippen molar-refractivity contribution < 1.29 is 24.2 Å². The highest BCUT2D eigenvalue weighted by Crippen LogP contribution is 2.41. The average molecular weight is 544 g/mol. The smallest absolute Gasteiger partial charge is 0.308 e. The van der Waals surface area contributed by atoms with Gasteiger partial charge in [0.15, 0.2) is 0 Å². The molecular formula is C31H49N3O5. The minimum Gasteiger partial charge on any atom is -0.493 e. The molecule has 0 bridgehead atoms. The Morgan fingerprint density at radius 2 is 1.90 bits per heavy atom. The minimum absolute atomic E-state index is 0.119. The molecule has 2 unspecified atom stereocenters. The van der Waals surface area contributed by atoms with Crippen molar-refractivity contribution in [1.29, 1.82) is 0 Å². The summed E-state index contributed by atoms with van der Waals surface area (Å²) in [5.41, 5.74) is 2.21. The molecule has 0 aliphatic carbocycles. The summed E-state index contributed by atoms with van der Waals surface area (Å²) in [4.78, 5) is 32.8. The van der Waals surface area contributed by atoms with Crippen LogP contribution < -0.4 is 4.74 Å². The molecule has 8 heteroatoms. The number of unbranched alkanes of at least 4 members (excludes halogenated alkanes) is 1. The van der Waals surface area contributed by atoms with E-state index in [1.54, 1.807) is 0 Å². The van der Waals surface area contributed by atoms with Crippen molar-refractivity contribution in [2.24, 2.45) is 5.92 Å². The molecule has 3 heterocycles. The number of ether oxygens (including phenoxy) is 2. The van der Waals surface area contributed by atoms with Gasteiger partial charge >= 0.3 is 5.97 Å². The maximum Gasteiger partial charge on any atom is 0.308 e. The van der Waals surface area contributed by atoms with E-state index in [1.165, 1.54) is 6.42 Å². The predicted octanol–water partition coefficient (Wildman–Crippen LogP) is 4.02. The molecule has 39 heavy (non-hydrogen) atoms. The Hall–Kier alpha value is -2.16. The summed E-state index contributed by atoms with van der Waals surface area (Å²) in [5, 5.41) is 10.5. The molecule has 1 aromatic carbocycles. The molecule has 0 radical (unpaired) electrons. The summed E-state index contributed by atoms with van der Waals surface area (Å²) >= 11 is 0. The number of carbonyl (C=O) groups excluding carboxylic acids is 1. The Labute approximate surface area is 234 Å². The second-order valence-corrected chi connectivity index (χ2v) is 11.9. The van der Waals surface area contributed by atoms with Gasteiger partial charge in [0.25, 0.3) is 0 Å². The molecule has 4 atom stereocenters. The topological polar surface area (TPSA) is 82.5 Å². The summed E-state index contributed by atoms with van der Waals surface area (Å²) in [7, 11) is 4.11. The number of hydrogen-bond donors (Lipinski definition) is 1. The van der Waals surface area contributed by atoms with Crippen LogP contribution in [0.5, 0.6) is 5.75 Å². The lowest BCUT2D eigenvalue weighted by molar-refractivity contribution is -0.144. The largest absolute Gasteiger partial charge is 0.493 e. The molecule has 3 aliphatic heterocycles. The number of likely N-dealkylation sites (tertiary alicyclic amines) is 1. The van der Waals surface area contributed by atoms with E-state index in [4.69, 9.17) is 9.47 Å². The van der Waals surface area contributed by atoms with Crippen LogP contribution in [-0.4, -0.2) is 104 Å². The van der Waals surface area contributed by atoms with Gasteiger partial charge in [-0.15, -0.1) is 0 Å². The zero-order chi connectivity index (χ0) is 27.8. The first kappa shape index (κ1) is 29.8. The Kier molecular flexibility index (Phi) is 11.1. The summed E-state index contributed by atoms with van der Waals surface area (Å²) < 4.78 is 11.7. The molecule has 1 aromatic rings. The summed E-state index contributed by atoms with van der Waals surface area (Å²) in [6.45, 7) is 6.91. The number of fused-ring (bicyclic) bond motifs is 1. The van der Waals surface area contributed by atoms with Crippen LogP contribution >= 0.6 is 0 Å². The Morgan fingerprint density at radius 3 is 2.62 bits per heavy atom. The zero-order valence-corrected chi connectivity index (χ0v) is 24.3. The van der Waals surface area contributed by atoms with Gasteiger partial charge in [0.05, 0.1) is 25.2 Å². The number of aliphatic carboxylic acids is 1. The van der Waals surface area contributed by atoms with Gasteiger partial charge in [-0.05, 0) is 82.8 Å². The number of nitrogens with zero attached hydrogens (tertiary/aromatic N) is 3. The van der Waals surface area contributed by atoms with E-state index < -0.39 is 11.9 Å². The number of benzene rings is 1. The number of carbonyl (C=O) groups is 2. The summed E-state index contributed by atoms with van der Waals surface area (Å²) in [5.74, 6) is -0.454. The molecule has 0 aromatic heterocycles. The molecule has 218 valence electrons. The Morgan fingerprint density at radius 1 is 1.08 bits per heavy atom. The van der Waals surface area contributed by atoms with Gasteiger partial charge in [0, 0.05) is 44.6 Å². The van der Waals surface area contributed by atoms with Crippen molar-refractivity contribution in [3.05, 3.63) is 29.3 Å². The van der Waals surface area contributed by atoms with E-state index in [2.05, 4.69) is 36.9 Å². The highest BCUT2D eigenvalue weighted by atomic mass is 16.5. The van der Waals surface area contributed by atoms with E-state index in [0.29, 0.717) is 13.2 Å². The van der Waals surface area contributed by atoms with Gasteiger partial charge < -0.3 is 24.4 Å². The van der Waals surface area contributed by atoms with Crippen molar-refractivity contribution in [2.45, 2.75) is 82.8 Å². The van der Waals surface area contributed by atoms with Crippen LogP contribution in [0.15, 0.2) is 18.2 Å². The van der Waals surface area contributed by atoms with Crippen LogP contribution in [-0.2, 0) is 20.7 Å². The number of rotatable bonds is 14. The van der Waals surface area contributed by atoms with Gasteiger partial charge in [0.2, 0.25) is 5.91 Å². The van der Waals surface area contributed by atoms with E-state index >= 15 is 0 Å². The molecule has 0 spiro atoms. The molecular weight excluding hydrogens is 494 g/mol. The van der Waals surface area contributed by atoms with Gasteiger partial charge in [-0.25, -0.2) is 0 Å². The molecule has 8 nitrogen and oxygen atoms in total. The van der Waals surface area contributed by atoms with Crippen molar-refractivity contribution in [1.82, 2.24) is 14.7 Å². The molecule has 0 saturated carbocycles. The maximum absolute atomic E-state index is 13.7. The summed E-state index contributed by atoms with van der Waals surface area (Å²) in [6, 6.07) is 5.98. The van der Waals surface area contributed by atoms with E-state index in [0.717, 1.165) is 94.5 Å². The van der Waals surface area contributed by atoms with Crippen LogP contribution in [0.4, 0.5) is 0 Å². The SMILES string of the molecule is CCCCN(CCCN(C)C)C(=O)CN1C[C@H](c2ccc3c(c2)CCO3)C(C(=O)O)[C@@H]1CCC1CCCCO1. The van der Waals surface area contributed by atoms with Crippen molar-refractivity contribution in [2.75, 3.05) is 60.0 Å². The maximum atomic E-state index is 13.7. The molecule has 2 fully saturated rings. The Balaban J connectivity index is 1.53. The fourth-order valence-electron chi connectivity index (χ4n) is 6.58. The monoisotopic (exact) mass is 543 g/mol. The van der Waals surface area contributed by atoms with Gasteiger partial charge in [0.1, 0.15) is 5.75 Å². The number of carboxylic acid groups (broad SMARTS) is 1. The normalized spacial score (nSPS) is 25.0. The number of hydrogen-bond acceptors (Lipinski definition) is 6. The van der Waals surface area contributed by atoms with Crippen LogP contribution in [0, 0.1) is 5.92 Å². The van der Waals surface area contributed by atoms with Crippen LogP contribution in [0.1, 0.15) is 75.3 Å². The first-order chi connectivity index (χ1) is 18.9. The van der Waals surface area contributed by atoms with Gasteiger partial charge in [-0.2, -0.15) is 0 Å². The van der Waals surface area contributed by atoms with E-state index in [1.807, 2.05) is 17.0 Å². The average Bonchev–Trinajstić information content (AvgIpc) is 3.54. The third kappa shape index (κ3) is 7.95. The lowest BCUT2D eigenvalue weighted by atomic mass is 9.82. The third-order valence-corrected chi connectivity index (χ3v) is 8.74. The highest BCUT2D eigenvalue weighted by molar-refractivity contribution is 5.79. The number of amides is 1. The van der Waals surface area contributed by atoms with E-state index in [9.17, 15) is 14.7 Å². The molecule has 4 rings (SSSR count).